The molecule has 142 valence electrons. The first kappa shape index (κ1) is 20.1. The van der Waals surface area contributed by atoms with Crippen LogP contribution < -0.4 is 16.7 Å². The summed E-state index contributed by atoms with van der Waals surface area (Å²) >= 11 is 0. The minimum atomic E-state index is -0.608. The van der Waals surface area contributed by atoms with Gasteiger partial charge in [-0.3, -0.25) is 23.9 Å². The van der Waals surface area contributed by atoms with E-state index in [0.717, 1.165) is 15.7 Å². The minimum absolute atomic E-state index is 0. The van der Waals surface area contributed by atoms with E-state index in [4.69, 9.17) is 5.21 Å². The number of fused-ring (bicyclic) bond motifs is 1. The van der Waals surface area contributed by atoms with Crippen LogP contribution in [0.3, 0.4) is 0 Å². The van der Waals surface area contributed by atoms with Gasteiger partial charge in [-0.2, -0.15) is 0 Å². The highest BCUT2D eigenvalue weighted by atomic mass is 35.5. The number of aromatic nitrogens is 4. The number of benzene rings is 1. The van der Waals surface area contributed by atoms with Crippen LogP contribution in [-0.2, 0) is 25.3 Å². The number of nitrogens with zero attached hydrogens (tertiary/aromatic N) is 3. The van der Waals surface area contributed by atoms with Crippen LogP contribution in [0.25, 0.3) is 17.2 Å². The molecule has 9 nitrogen and oxygen atoms in total. The highest BCUT2D eigenvalue weighted by Gasteiger charge is 2.13. The molecule has 0 fully saturated rings. The van der Waals surface area contributed by atoms with E-state index in [1.807, 2.05) is 24.3 Å². The Balaban J connectivity index is 0.00000261. The maximum Gasteiger partial charge on any atom is 0.332 e. The molecule has 0 atom stereocenters. The van der Waals surface area contributed by atoms with E-state index in [1.165, 1.54) is 23.2 Å². The molecule has 0 saturated carbocycles. The first-order chi connectivity index (χ1) is 12.4. The summed E-state index contributed by atoms with van der Waals surface area (Å²) in [7, 11) is 2.99. The van der Waals surface area contributed by atoms with E-state index in [-0.39, 0.29) is 12.4 Å². The summed E-state index contributed by atoms with van der Waals surface area (Å²) < 4.78 is 2.37. The average molecular weight is 392 g/mol. The van der Waals surface area contributed by atoms with Crippen LogP contribution in [0.5, 0.6) is 0 Å². The highest BCUT2D eigenvalue weighted by Crippen LogP contribution is 2.12. The van der Waals surface area contributed by atoms with Gasteiger partial charge < -0.3 is 4.98 Å². The first-order valence-electron chi connectivity index (χ1n) is 7.76. The second-order valence-corrected chi connectivity index (χ2v) is 5.82. The standard InChI is InChI=1S/C17H17N5O4.ClH/c1-21-15-14(16(24)22(2)17(21)25)18-12(19-15)9-11-5-3-10(4-6-11)7-8-13(23)20-26;/h3-8,26H,9H2,1-2H3,(H,18,19)(H,20,23);1H/b8-7+;. The van der Waals surface area contributed by atoms with Gasteiger partial charge >= 0.3 is 5.69 Å². The Kier molecular flexibility index (Phi) is 5.98. The number of imidazole rings is 1. The van der Waals surface area contributed by atoms with Crippen LogP contribution in [0.15, 0.2) is 39.9 Å². The van der Waals surface area contributed by atoms with Crippen LogP contribution in [-0.4, -0.2) is 30.2 Å². The predicted octanol–water partition coefficient (Wildman–Crippen LogP) is 0.492. The molecule has 0 spiro atoms. The topological polar surface area (TPSA) is 122 Å². The molecule has 0 aliphatic rings. The molecule has 3 N–H and O–H groups in total. The number of carbonyl (C=O) groups excluding carboxylic acids is 1. The quantitative estimate of drug-likeness (QED) is 0.339. The normalized spacial score (nSPS) is 10.9. The lowest BCUT2D eigenvalue weighted by atomic mass is 10.1. The summed E-state index contributed by atoms with van der Waals surface area (Å²) in [6.07, 6.45) is 3.23. The van der Waals surface area contributed by atoms with Crippen molar-refractivity contribution in [3.8, 4) is 0 Å². The largest absolute Gasteiger partial charge is 0.336 e. The third kappa shape index (κ3) is 3.99. The second kappa shape index (κ2) is 8.02. The number of nitrogens with one attached hydrogen (secondary N) is 2. The van der Waals surface area contributed by atoms with Crippen molar-refractivity contribution in [1.29, 1.82) is 0 Å². The smallest absolute Gasteiger partial charge is 0.332 e. The number of aryl methyl sites for hydroxylation is 1. The molecule has 1 aromatic carbocycles. The summed E-state index contributed by atoms with van der Waals surface area (Å²) in [5.74, 6) is -0.0372. The van der Waals surface area contributed by atoms with Gasteiger partial charge in [-0.05, 0) is 17.2 Å². The zero-order chi connectivity index (χ0) is 18.8. The Labute approximate surface area is 159 Å². The zero-order valence-corrected chi connectivity index (χ0v) is 15.4. The molecular formula is C17H18ClN5O4. The Hall–Kier alpha value is -3.17. The van der Waals surface area contributed by atoms with E-state index in [9.17, 15) is 14.4 Å². The molecule has 0 aliphatic heterocycles. The molecule has 0 saturated heterocycles. The van der Waals surface area contributed by atoms with Gasteiger partial charge in [0, 0.05) is 26.6 Å². The summed E-state index contributed by atoms with van der Waals surface area (Å²) in [6, 6.07) is 7.35. The van der Waals surface area contributed by atoms with Gasteiger partial charge in [-0.15, -0.1) is 12.4 Å². The lowest BCUT2D eigenvalue weighted by molar-refractivity contribution is -0.124. The Bertz CT molecular complexity index is 1130. The second-order valence-electron chi connectivity index (χ2n) is 5.82. The van der Waals surface area contributed by atoms with E-state index in [1.54, 1.807) is 13.1 Å². The van der Waals surface area contributed by atoms with Crippen molar-refractivity contribution < 1.29 is 10.0 Å². The van der Waals surface area contributed by atoms with Crippen molar-refractivity contribution in [1.82, 2.24) is 24.6 Å². The molecule has 10 heteroatoms. The van der Waals surface area contributed by atoms with Gasteiger partial charge in [-0.25, -0.2) is 15.3 Å². The first-order valence-corrected chi connectivity index (χ1v) is 7.76. The Morgan fingerprint density at radius 1 is 1.22 bits per heavy atom. The van der Waals surface area contributed by atoms with Crippen molar-refractivity contribution in [2.45, 2.75) is 6.42 Å². The fourth-order valence-electron chi connectivity index (χ4n) is 2.61. The van der Waals surface area contributed by atoms with Crippen molar-refractivity contribution >= 4 is 35.6 Å². The third-order valence-electron chi connectivity index (χ3n) is 4.03. The monoisotopic (exact) mass is 391 g/mol. The molecule has 1 amide bonds. The zero-order valence-electron chi connectivity index (χ0n) is 14.6. The average Bonchev–Trinajstić information content (AvgIpc) is 3.07. The SMILES string of the molecule is Cl.Cn1c(=O)c2[nH]c(Cc3ccc(/C=C/C(=O)NO)cc3)nc2n(C)c1=O. The predicted molar refractivity (Wildman–Crippen MR) is 102 cm³/mol. The molecule has 3 aromatic rings. The number of rotatable bonds is 4. The van der Waals surface area contributed by atoms with Gasteiger partial charge in [0.15, 0.2) is 5.65 Å². The number of carbonyl (C=O) groups is 1. The molecule has 0 aliphatic carbocycles. The number of hydroxylamine groups is 1. The van der Waals surface area contributed by atoms with Crippen molar-refractivity contribution in [2.75, 3.05) is 0 Å². The Morgan fingerprint density at radius 3 is 2.52 bits per heavy atom. The van der Waals surface area contributed by atoms with Crippen molar-refractivity contribution in [2.24, 2.45) is 14.1 Å². The van der Waals surface area contributed by atoms with Crippen molar-refractivity contribution in [3.05, 3.63) is 68.1 Å². The number of halogens is 1. The summed E-state index contributed by atoms with van der Waals surface area (Å²) in [6.45, 7) is 0. The lowest BCUT2D eigenvalue weighted by Gasteiger charge is -2.00. The van der Waals surface area contributed by atoms with E-state index >= 15 is 0 Å². The van der Waals surface area contributed by atoms with Gasteiger partial charge in [0.2, 0.25) is 0 Å². The number of H-pyrrole nitrogens is 1. The molecule has 0 unspecified atom stereocenters. The van der Waals surface area contributed by atoms with Crippen LogP contribution in [0, 0.1) is 0 Å². The maximum atomic E-state index is 12.2. The fourth-order valence-corrected chi connectivity index (χ4v) is 2.61. The fraction of sp³-hybridized carbons (Fsp3) is 0.176. The third-order valence-corrected chi connectivity index (χ3v) is 4.03. The van der Waals surface area contributed by atoms with Gasteiger partial charge in [-0.1, -0.05) is 24.3 Å². The summed E-state index contributed by atoms with van der Waals surface area (Å²) in [4.78, 5) is 42.5. The van der Waals surface area contributed by atoms with E-state index in [2.05, 4.69) is 9.97 Å². The van der Waals surface area contributed by atoms with E-state index in [0.29, 0.717) is 23.4 Å². The Morgan fingerprint density at radius 2 is 1.89 bits per heavy atom. The molecule has 2 heterocycles. The van der Waals surface area contributed by atoms with Crippen molar-refractivity contribution in [3.63, 3.8) is 0 Å². The van der Waals surface area contributed by atoms with Crippen LogP contribution >= 0.6 is 12.4 Å². The molecule has 2 aromatic heterocycles. The van der Waals surface area contributed by atoms with Crippen LogP contribution in [0.1, 0.15) is 17.0 Å². The van der Waals surface area contributed by atoms with Crippen LogP contribution in [0.4, 0.5) is 0 Å². The lowest BCUT2D eigenvalue weighted by Crippen LogP contribution is -2.36. The molecule has 0 radical (unpaired) electrons. The number of hydrogen-bond acceptors (Lipinski definition) is 5. The number of hydrogen-bond donors (Lipinski definition) is 3. The molecular weight excluding hydrogens is 374 g/mol. The van der Waals surface area contributed by atoms with E-state index < -0.39 is 17.2 Å². The number of amides is 1. The minimum Gasteiger partial charge on any atom is -0.336 e. The van der Waals surface area contributed by atoms with Gasteiger partial charge in [0.05, 0.1) is 0 Å². The molecule has 3 rings (SSSR count). The van der Waals surface area contributed by atoms with Gasteiger partial charge in [0.25, 0.3) is 11.5 Å². The summed E-state index contributed by atoms with van der Waals surface area (Å²) in [5.41, 5.74) is 3.02. The molecule has 27 heavy (non-hydrogen) atoms. The molecule has 0 bridgehead atoms. The van der Waals surface area contributed by atoms with Gasteiger partial charge in [0.1, 0.15) is 11.3 Å². The number of aromatic amines is 1. The summed E-state index contributed by atoms with van der Waals surface area (Å²) in [5, 5.41) is 8.45. The maximum absolute atomic E-state index is 12.2. The van der Waals surface area contributed by atoms with Crippen LogP contribution in [0.2, 0.25) is 0 Å². The highest BCUT2D eigenvalue weighted by molar-refractivity contribution is 5.90.